The van der Waals surface area contributed by atoms with Crippen LogP contribution in [0.4, 0.5) is 0 Å². The van der Waals surface area contributed by atoms with Crippen molar-refractivity contribution in [3.8, 4) is 5.88 Å². The number of aromatic nitrogens is 3. The van der Waals surface area contributed by atoms with E-state index >= 15 is 0 Å². The Bertz CT molecular complexity index is 606. The molecule has 0 saturated heterocycles. The molecule has 4 rings (SSSR count). The van der Waals surface area contributed by atoms with E-state index in [1.807, 2.05) is 19.1 Å². The van der Waals surface area contributed by atoms with E-state index in [0.717, 1.165) is 28.8 Å². The highest BCUT2D eigenvalue weighted by atomic mass is 16.5. The van der Waals surface area contributed by atoms with Crippen LogP contribution in [0.15, 0.2) is 12.1 Å². The summed E-state index contributed by atoms with van der Waals surface area (Å²) in [6.07, 6.45) is 5.51. The van der Waals surface area contributed by atoms with Crippen LogP contribution in [0.3, 0.4) is 0 Å². The number of imidazole rings is 1. The van der Waals surface area contributed by atoms with Gasteiger partial charge in [0.1, 0.15) is 5.82 Å². The number of fused-ring (bicyclic) bond motifs is 3. The molecule has 3 atom stereocenters. The molecule has 0 spiro atoms. The van der Waals surface area contributed by atoms with Gasteiger partial charge in [-0.15, -0.1) is 0 Å². The highest BCUT2D eigenvalue weighted by molar-refractivity contribution is 5.71. The summed E-state index contributed by atoms with van der Waals surface area (Å²) in [7, 11) is 0. The van der Waals surface area contributed by atoms with Crippen molar-refractivity contribution >= 4 is 11.2 Å². The van der Waals surface area contributed by atoms with Gasteiger partial charge in [0.25, 0.3) is 0 Å². The number of aromatic amines is 1. The van der Waals surface area contributed by atoms with Gasteiger partial charge in [0.15, 0.2) is 5.65 Å². The van der Waals surface area contributed by atoms with Crippen molar-refractivity contribution in [1.29, 1.82) is 0 Å². The first-order chi connectivity index (χ1) is 9.33. The number of ether oxygens (including phenoxy) is 1. The highest BCUT2D eigenvalue weighted by Gasteiger charge is 2.41. The van der Waals surface area contributed by atoms with Crippen LogP contribution in [0.2, 0.25) is 0 Å². The van der Waals surface area contributed by atoms with E-state index in [2.05, 4.69) is 9.97 Å². The summed E-state index contributed by atoms with van der Waals surface area (Å²) in [5, 5.41) is 0. The number of nitrogens with zero attached hydrogens (tertiary/aromatic N) is 2. The molecule has 2 saturated carbocycles. The molecule has 2 bridgehead atoms. The standard InChI is InChI=1S/C15H19N3O/c1-2-19-13-6-5-12-15(17-13)18-14(16-12)11-8-9-3-4-10(11)7-9/h5-6,9-11H,2-4,7-8H2,1H3,(H,16,17,18). The van der Waals surface area contributed by atoms with E-state index in [0.29, 0.717) is 18.4 Å². The molecule has 0 aromatic carbocycles. The molecule has 3 unspecified atom stereocenters. The fourth-order valence-corrected chi connectivity index (χ4v) is 3.88. The van der Waals surface area contributed by atoms with E-state index in [4.69, 9.17) is 9.72 Å². The van der Waals surface area contributed by atoms with Crippen LogP contribution in [0.5, 0.6) is 5.88 Å². The predicted molar refractivity (Wildman–Crippen MR) is 73.2 cm³/mol. The number of nitrogens with one attached hydrogen (secondary N) is 1. The van der Waals surface area contributed by atoms with E-state index in [1.54, 1.807) is 0 Å². The van der Waals surface area contributed by atoms with E-state index < -0.39 is 0 Å². The molecule has 2 aromatic heterocycles. The van der Waals surface area contributed by atoms with Gasteiger partial charge in [0.05, 0.1) is 12.1 Å². The highest BCUT2D eigenvalue weighted by Crippen LogP contribution is 2.52. The summed E-state index contributed by atoms with van der Waals surface area (Å²) >= 11 is 0. The molecule has 4 nitrogen and oxygen atoms in total. The van der Waals surface area contributed by atoms with Crippen LogP contribution >= 0.6 is 0 Å². The maximum Gasteiger partial charge on any atom is 0.215 e. The van der Waals surface area contributed by atoms with Gasteiger partial charge in [-0.1, -0.05) is 6.42 Å². The predicted octanol–water partition coefficient (Wildman–Crippen LogP) is 3.26. The summed E-state index contributed by atoms with van der Waals surface area (Å²) in [6.45, 7) is 2.61. The average molecular weight is 257 g/mol. The molecule has 19 heavy (non-hydrogen) atoms. The van der Waals surface area contributed by atoms with Crippen LogP contribution in [-0.2, 0) is 0 Å². The second kappa shape index (κ2) is 4.22. The van der Waals surface area contributed by atoms with Crippen molar-refractivity contribution in [1.82, 2.24) is 15.0 Å². The Morgan fingerprint density at radius 1 is 1.26 bits per heavy atom. The Kier molecular flexibility index (Phi) is 2.50. The molecular formula is C15H19N3O. The van der Waals surface area contributed by atoms with Gasteiger partial charge in [-0.3, -0.25) is 0 Å². The molecule has 4 heteroatoms. The summed E-state index contributed by atoms with van der Waals surface area (Å²) in [5.41, 5.74) is 1.82. The van der Waals surface area contributed by atoms with E-state index in [9.17, 15) is 0 Å². The third-order valence-corrected chi connectivity index (χ3v) is 4.72. The lowest BCUT2D eigenvalue weighted by Gasteiger charge is -2.18. The minimum absolute atomic E-state index is 0.628. The summed E-state index contributed by atoms with van der Waals surface area (Å²) in [4.78, 5) is 12.6. The van der Waals surface area contributed by atoms with Crippen LogP contribution < -0.4 is 4.74 Å². The lowest BCUT2D eigenvalue weighted by Crippen LogP contribution is -2.09. The molecule has 1 N–H and O–H groups in total. The summed E-state index contributed by atoms with van der Waals surface area (Å²) in [6, 6.07) is 3.94. The molecule has 2 aliphatic carbocycles. The molecule has 2 aromatic rings. The zero-order valence-electron chi connectivity index (χ0n) is 11.2. The lowest BCUT2D eigenvalue weighted by atomic mass is 9.88. The summed E-state index contributed by atoms with van der Waals surface area (Å²) < 4.78 is 5.43. The number of H-pyrrole nitrogens is 1. The Hall–Kier alpha value is -1.58. The zero-order valence-corrected chi connectivity index (χ0v) is 11.2. The van der Waals surface area contributed by atoms with Gasteiger partial charge >= 0.3 is 0 Å². The lowest BCUT2D eigenvalue weighted by molar-refractivity contribution is 0.328. The molecule has 2 aliphatic rings. The molecule has 2 heterocycles. The Labute approximate surface area is 112 Å². The molecule has 100 valence electrons. The quantitative estimate of drug-likeness (QED) is 0.918. The second-order valence-corrected chi connectivity index (χ2v) is 5.86. The zero-order chi connectivity index (χ0) is 12.8. The Morgan fingerprint density at radius 3 is 2.95 bits per heavy atom. The number of hydrogen-bond acceptors (Lipinski definition) is 3. The van der Waals surface area contributed by atoms with E-state index in [-0.39, 0.29) is 0 Å². The third-order valence-electron chi connectivity index (χ3n) is 4.72. The first-order valence-electron chi connectivity index (χ1n) is 7.33. The maximum absolute atomic E-state index is 5.43. The second-order valence-electron chi connectivity index (χ2n) is 5.86. The van der Waals surface area contributed by atoms with Gasteiger partial charge in [0.2, 0.25) is 5.88 Å². The minimum atomic E-state index is 0.628. The fourth-order valence-electron chi connectivity index (χ4n) is 3.88. The van der Waals surface area contributed by atoms with Gasteiger partial charge in [0, 0.05) is 12.0 Å². The molecular weight excluding hydrogens is 238 g/mol. The van der Waals surface area contributed by atoms with Crippen LogP contribution in [0.1, 0.15) is 44.3 Å². The van der Waals surface area contributed by atoms with Gasteiger partial charge < -0.3 is 9.72 Å². The van der Waals surface area contributed by atoms with Crippen LogP contribution in [0.25, 0.3) is 11.2 Å². The van der Waals surface area contributed by atoms with Crippen LogP contribution in [0, 0.1) is 11.8 Å². The molecule has 2 fully saturated rings. The maximum atomic E-state index is 5.43. The van der Waals surface area contributed by atoms with Crippen LogP contribution in [-0.4, -0.2) is 21.6 Å². The van der Waals surface area contributed by atoms with Crippen molar-refractivity contribution < 1.29 is 4.74 Å². The number of hydrogen-bond donors (Lipinski definition) is 1. The van der Waals surface area contributed by atoms with Crippen molar-refractivity contribution in [3.63, 3.8) is 0 Å². The van der Waals surface area contributed by atoms with E-state index in [1.165, 1.54) is 25.7 Å². The van der Waals surface area contributed by atoms with Crippen molar-refractivity contribution in [2.24, 2.45) is 11.8 Å². The topological polar surface area (TPSA) is 50.8 Å². The molecule has 0 amide bonds. The molecule has 0 radical (unpaired) electrons. The molecule has 0 aliphatic heterocycles. The first kappa shape index (κ1) is 11.3. The third kappa shape index (κ3) is 1.81. The Balaban J connectivity index is 1.68. The van der Waals surface area contributed by atoms with Gasteiger partial charge in [-0.25, -0.2) is 4.98 Å². The smallest absolute Gasteiger partial charge is 0.215 e. The minimum Gasteiger partial charge on any atom is -0.478 e. The SMILES string of the molecule is CCOc1ccc2[nH]c(C3CC4CCC3C4)nc2n1. The summed E-state index contributed by atoms with van der Waals surface area (Å²) in [5.74, 6) is 4.22. The largest absolute Gasteiger partial charge is 0.478 e. The van der Waals surface area contributed by atoms with Gasteiger partial charge in [-0.05, 0) is 44.1 Å². The average Bonchev–Trinajstić information content (AvgIpc) is 3.12. The van der Waals surface area contributed by atoms with Gasteiger partial charge in [-0.2, -0.15) is 4.98 Å². The Morgan fingerprint density at radius 2 is 2.21 bits per heavy atom. The normalized spacial score (nSPS) is 29.2. The van der Waals surface area contributed by atoms with Crippen molar-refractivity contribution in [2.75, 3.05) is 6.61 Å². The monoisotopic (exact) mass is 257 g/mol. The van der Waals surface area contributed by atoms with Crippen molar-refractivity contribution in [2.45, 2.75) is 38.5 Å². The van der Waals surface area contributed by atoms with Crippen molar-refractivity contribution in [3.05, 3.63) is 18.0 Å². The first-order valence-corrected chi connectivity index (χ1v) is 7.33. The fraction of sp³-hybridized carbons (Fsp3) is 0.600. The number of pyridine rings is 1. The number of rotatable bonds is 3.